The highest BCUT2D eigenvalue weighted by molar-refractivity contribution is 5.88. The molecule has 104 valence electrons. The molecular weight excluding hydrogens is 244 g/mol. The van der Waals surface area contributed by atoms with Crippen LogP contribution in [-0.2, 0) is 14.9 Å². The van der Waals surface area contributed by atoms with Gasteiger partial charge in [0.2, 0.25) is 0 Å². The third-order valence-electron chi connectivity index (χ3n) is 3.39. The summed E-state index contributed by atoms with van der Waals surface area (Å²) >= 11 is 0. The molecule has 0 atom stereocenters. The number of carbonyl (C=O) groups excluding carboxylic acids is 1. The summed E-state index contributed by atoms with van der Waals surface area (Å²) in [5.74, 6) is 1.23. The van der Waals surface area contributed by atoms with E-state index in [1.807, 2.05) is 32.0 Å². The first-order valence-electron chi connectivity index (χ1n) is 6.67. The predicted molar refractivity (Wildman–Crippen MR) is 71.7 cm³/mol. The van der Waals surface area contributed by atoms with Gasteiger partial charge in [-0.3, -0.25) is 4.79 Å². The van der Waals surface area contributed by atoms with Gasteiger partial charge in [0.25, 0.3) is 0 Å². The van der Waals surface area contributed by atoms with E-state index in [-0.39, 0.29) is 5.97 Å². The van der Waals surface area contributed by atoms with Crippen LogP contribution in [-0.4, -0.2) is 26.3 Å². The first kappa shape index (κ1) is 13.7. The predicted octanol–water partition coefficient (Wildman–Crippen LogP) is 2.69. The van der Waals surface area contributed by atoms with E-state index in [1.54, 1.807) is 0 Å². The molecule has 1 fully saturated rings. The number of benzene rings is 1. The number of carbonyl (C=O) groups is 1. The molecule has 0 aliphatic heterocycles. The number of methoxy groups -OCH3 is 1. The molecule has 0 amide bonds. The highest BCUT2D eigenvalue weighted by atomic mass is 16.5. The lowest BCUT2D eigenvalue weighted by Gasteiger charge is -2.20. The maximum Gasteiger partial charge on any atom is 0.316 e. The van der Waals surface area contributed by atoms with Gasteiger partial charge >= 0.3 is 5.97 Å². The molecule has 1 saturated carbocycles. The second-order valence-electron chi connectivity index (χ2n) is 4.57. The summed E-state index contributed by atoms with van der Waals surface area (Å²) in [7, 11) is 1.42. The molecule has 19 heavy (non-hydrogen) atoms. The fourth-order valence-corrected chi connectivity index (χ4v) is 2.41. The van der Waals surface area contributed by atoms with Gasteiger partial charge < -0.3 is 14.2 Å². The molecular formula is C15H20O4. The zero-order valence-corrected chi connectivity index (χ0v) is 11.7. The molecule has 0 heterocycles. The van der Waals surface area contributed by atoms with Gasteiger partial charge in [0.15, 0.2) is 0 Å². The molecule has 4 heteroatoms. The van der Waals surface area contributed by atoms with Crippen LogP contribution in [0.3, 0.4) is 0 Å². The van der Waals surface area contributed by atoms with Crippen molar-refractivity contribution in [2.45, 2.75) is 32.1 Å². The van der Waals surface area contributed by atoms with Gasteiger partial charge in [-0.05, 0) is 38.8 Å². The van der Waals surface area contributed by atoms with Crippen molar-refractivity contribution in [3.8, 4) is 11.5 Å². The van der Waals surface area contributed by atoms with E-state index in [0.29, 0.717) is 13.2 Å². The first-order chi connectivity index (χ1) is 9.19. The van der Waals surface area contributed by atoms with Gasteiger partial charge in [-0.25, -0.2) is 0 Å². The van der Waals surface area contributed by atoms with Crippen molar-refractivity contribution in [3.63, 3.8) is 0 Å². The topological polar surface area (TPSA) is 44.8 Å². The van der Waals surface area contributed by atoms with Crippen molar-refractivity contribution in [1.29, 1.82) is 0 Å². The van der Waals surface area contributed by atoms with Crippen LogP contribution < -0.4 is 9.47 Å². The quantitative estimate of drug-likeness (QED) is 0.741. The smallest absolute Gasteiger partial charge is 0.316 e. The van der Waals surface area contributed by atoms with Gasteiger partial charge in [0, 0.05) is 0 Å². The number of esters is 1. The monoisotopic (exact) mass is 264 g/mol. The van der Waals surface area contributed by atoms with Crippen LogP contribution in [0.5, 0.6) is 11.5 Å². The van der Waals surface area contributed by atoms with E-state index in [4.69, 9.17) is 14.2 Å². The largest absolute Gasteiger partial charge is 0.493 e. The third kappa shape index (κ3) is 2.39. The van der Waals surface area contributed by atoms with Crippen molar-refractivity contribution >= 4 is 5.97 Å². The maximum absolute atomic E-state index is 12.1. The summed E-state index contributed by atoms with van der Waals surface area (Å²) in [6.45, 7) is 4.96. The van der Waals surface area contributed by atoms with E-state index in [1.165, 1.54) is 7.11 Å². The molecule has 0 unspecified atom stereocenters. The standard InChI is InChI=1S/C15H20O4/c1-4-18-11-7-6-8-12(19-5-2)13(11)15(9-10-15)14(16)17-3/h6-8H,4-5,9-10H2,1-3H3. The summed E-state index contributed by atoms with van der Waals surface area (Å²) < 4.78 is 16.3. The van der Waals surface area contributed by atoms with Crippen molar-refractivity contribution in [1.82, 2.24) is 0 Å². The zero-order chi connectivity index (χ0) is 13.9. The Kier molecular flexibility index (Phi) is 3.98. The fraction of sp³-hybridized carbons (Fsp3) is 0.533. The molecule has 0 aromatic heterocycles. The number of rotatable bonds is 6. The molecule has 2 rings (SSSR count). The molecule has 0 spiro atoms. The molecule has 1 aromatic rings. The number of hydrogen-bond acceptors (Lipinski definition) is 4. The Morgan fingerprint density at radius 1 is 1.16 bits per heavy atom. The number of hydrogen-bond donors (Lipinski definition) is 0. The zero-order valence-electron chi connectivity index (χ0n) is 11.7. The van der Waals surface area contributed by atoms with Crippen LogP contribution in [0.25, 0.3) is 0 Å². The van der Waals surface area contributed by atoms with E-state index < -0.39 is 5.41 Å². The molecule has 0 N–H and O–H groups in total. The van der Waals surface area contributed by atoms with E-state index >= 15 is 0 Å². The lowest BCUT2D eigenvalue weighted by atomic mass is 9.94. The van der Waals surface area contributed by atoms with Gasteiger partial charge in [-0.15, -0.1) is 0 Å². The van der Waals surface area contributed by atoms with Gasteiger partial charge in [-0.1, -0.05) is 6.07 Å². The van der Waals surface area contributed by atoms with Gasteiger partial charge in [0.1, 0.15) is 16.9 Å². The minimum Gasteiger partial charge on any atom is -0.493 e. The normalized spacial score (nSPS) is 15.7. The summed E-state index contributed by atoms with van der Waals surface area (Å²) in [6, 6.07) is 5.64. The highest BCUT2D eigenvalue weighted by Gasteiger charge is 2.55. The van der Waals surface area contributed by atoms with Crippen LogP contribution in [0, 0.1) is 0 Å². The van der Waals surface area contributed by atoms with Crippen molar-refractivity contribution in [2.75, 3.05) is 20.3 Å². The fourth-order valence-electron chi connectivity index (χ4n) is 2.41. The first-order valence-corrected chi connectivity index (χ1v) is 6.67. The average molecular weight is 264 g/mol. The molecule has 1 aliphatic carbocycles. The van der Waals surface area contributed by atoms with Gasteiger partial charge in [-0.2, -0.15) is 0 Å². The third-order valence-corrected chi connectivity index (χ3v) is 3.39. The van der Waals surface area contributed by atoms with E-state index in [9.17, 15) is 4.79 Å². The molecule has 1 aromatic carbocycles. The average Bonchev–Trinajstić information content (AvgIpc) is 3.20. The minimum atomic E-state index is -0.578. The Morgan fingerprint density at radius 2 is 1.68 bits per heavy atom. The Morgan fingerprint density at radius 3 is 2.05 bits per heavy atom. The highest BCUT2D eigenvalue weighted by Crippen LogP contribution is 2.55. The lowest BCUT2D eigenvalue weighted by Crippen LogP contribution is -2.23. The van der Waals surface area contributed by atoms with Crippen LogP contribution in [0.1, 0.15) is 32.3 Å². The molecule has 0 bridgehead atoms. The van der Waals surface area contributed by atoms with Crippen LogP contribution in [0.2, 0.25) is 0 Å². The summed E-state index contributed by atoms with van der Waals surface area (Å²) in [5.41, 5.74) is 0.260. The summed E-state index contributed by atoms with van der Waals surface area (Å²) in [5, 5.41) is 0. The lowest BCUT2D eigenvalue weighted by molar-refractivity contribution is -0.143. The second-order valence-corrected chi connectivity index (χ2v) is 4.57. The number of ether oxygens (including phenoxy) is 3. The SMILES string of the molecule is CCOc1cccc(OCC)c1C1(C(=O)OC)CC1. The van der Waals surface area contributed by atoms with Gasteiger partial charge in [0.05, 0.1) is 25.9 Å². The second kappa shape index (κ2) is 5.51. The summed E-state index contributed by atoms with van der Waals surface area (Å²) in [4.78, 5) is 12.1. The van der Waals surface area contributed by atoms with Crippen LogP contribution >= 0.6 is 0 Å². The Bertz CT molecular complexity index is 439. The van der Waals surface area contributed by atoms with Crippen molar-refractivity contribution < 1.29 is 19.0 Å². The Labute approximate surface area is 113 Å². The van der Waals surface area contributed by atoms with Crippen LogP contribution in [0.4, 0.5) is 0 Å². The van der Waals surface area contributed by atoms with Crippen molar-refractivity contribution in [2.24, 2.45) is 0 Å². The molecule has 1 aliphatic rings. The Hall–Kier alpha value is -1.71. The van der Waals surface area contributed by atoms with E-state index in [0.717, 1.165) is 29.9 Å². The van der Waals surface area contributed by atoms with Crippen molar-refractivity contribution in [3.05, 3.63) is 23.8 Å². The molecule has 0 saturated heterocycles. The van der Waals surface area contributed by atoms with Crippen LogP contribution in [0.15, 0.2) is 18.2 Å². The molecule has 4 nitrogen and oxygen atoms in total. The molecule has 0 radical (unpaired) electrons. The van der Waals surface area contributed by atoms with E-state index in [2.05, 4.69) is 0 Å². The Balaban J connectivity index is 2.49. The maximum atomic E-state index is 12.1. The summed E-state index contributed by atoms with van der Waals surface area (Å²) in [6.07, 6.45) is 1.56. The minimum absolute atomic E-state index is 0.208.